The summed E-state index contributed by atoms with van der Waals surface area (Å²) in [5.74, 6) is 1.82. The Bertz CT molecular complexity index is 972. The Balaban J connectivity index is 1.58. The van der Waals surface area contributed by atoms with Crippen LogP contribution in [0.15, 0.2) is 47.0 Å². The van der Waals surface area contributed by atoms with Crippen molar-refractivity contribution in [1.29, 1.82) is 0 Å². The number of hydrogen-bond acceptors (Lipinski definition) is 6. The third-order valence-electron chi connectivity index (χ3n) is 4.30. The minimum Gasteiger partial charge on any atom is -0.497 e. The number of amides is 1. The maximum absolute atomic E-state index is 12.5. The Morgan fingerprint density at radius 1 is 1.21 bits per heavy atom. The zero-order chi connectivity index (χ0) is 20.8. The van der Waals surface area contributed by atoms with Crippen molar-refractivity contribution < 1.29 is 18.8 Å². The summed E-state index contributed by atoms with van der Waals surface area (Å²) in [5, 5.41) is 7.37. The van der Waals surface area contributed by atoms with E-state index in [4.69, 9.17) is 25.6 Å². The van der Waals surface area contributed by atoms with E-state index in [2.05, 4.69) is 15.5 Å². The van der Waals surface area contributed by atoms with E-state index in [0.29, 0.717) is 28.9 Å². The van der Waals surface area contributed by atoms with Crippen LogP contribution < -0.4 is 14.8 Å². The number of nitrogens with zero attached hydrogens (tertiary/aromatic N) is 2. The van der Waals surface area contributed by atoms with Crippen LogP contribution in [0.5, 0.6) is 11.5 Å². The number of carbonyl (C=O) groups is 1. The largest absolute Gasteiger partial charge is 0.497 e. The van der Waals surface area contributed by atoms with E-state index in [0.717, 1.165) is 16.9 Å². The molecule has 2 aromatic carbocycles. The number of hydrogen-bond donors (Lipinski definition) is 1. The van der Waals surface area contributed by atoms with Gasteiger partial charge in [-0.3, -0.25) is 4.79 Å². The molecular weight excluding hydrogens is 394 g/mol. The van der Waals surface area contributed by atoms with Crippen molar-refractivity contribution in [2.45, 2.75) is 32.9 Å². The predicted molar refractivity (Wildman–Crippen MR) is 109 cm³/mol. The molecule has 3 rings (SSSR count). The van der Waals surface area contributed by atoms with Gasteiger partial charge in [-0.2, -0.15) is 4.98 Å². The highest BCUT2D eigenvalue weighted by Crippen LogP contribution is 2.23. The second kappa shape index (κ2) is 9.43. The lowest BCUT2D eigenvalue weighted by molar-refractivity contribution is -0.128. The molecule has 0 saturated carbocycles. The molecule has 0 unspecified atom stereocenters. The van der Waals surface area contributed by atoms with E-state index in [-0.39, 0.29) is 12.5 Å². The fraction of sp³-hybridized carbons (Fsp3) is 0.286. The van der Waals surface area contributed by atoms with Crippen LogP contribution in [0.3, 0.4) is 0 Å². The van der Waals surface area contributed by atoms with Gasteiger partial charge in [0.25, 0.3) is 5.91 Å². The third-order valence-corrected chi connectivity index (χ3v) is 4.73. The highest BCUT2D eigenvalue weighted by Gasteiger charge is 2.19. The Morgan fingerprint density at radius 2 is 1.93 bits per heavy atom. The van der Waals surface area contributed by atoms with E-state index >= 15 is 0 Å². The predicted octanol–water partition coefficient (Wildman–Crippen LogP) is 4.18. The van der Waals surface area contributed by atoms with E-state index in [1.807, 2.05) is 38.1 Å². The topological polar surface area (TPSA) is 86.5 Å². The summed E-state index contributed by atoms with van der Waals surface area (Å²) in [6.45, 7) is 3.87. The van der Waals surface area contributed by atoms with Crippen LogP contribution >= 0.6 is 11.6 Å². The molecule has 0 aliphatic carbocycles. The van der Waals surface area contributed by atoms with Gasteiger partial charge in [0.1, 0.15) is 11.5 Å². The third kappa shape index (κ3) is 5.26. The zero-order valence-corrected chi connectivity index (χ0v) is 17.2. The van der Waals surface area contributed by atoms with Gasteiger partial charge in [-0.15, -0.1) is 0 Å². The van der Waals surface area contributed by atoms with Gasteiger partial charge in [0.15, 0.2) is 6.10 Å². The lowest BCUT2D eigenvalue weighted by Gasteiger charge is -2.17. The smallest absolute Gasteiger partial charge is 0.261 e. The van der Waals surface area contributed by atoms with Crippen LogP contribution in [0.1, 0.15) is 24.8 Å². The maximum Gasteiger partial charge on any atom is 0.261 e. The molecule has 7 nitrogen and oxygen atoms in total. The fourth-order valence-corrected chi connectivity index (χ4v) is 2.76. The first kappa shape index (κ1) is 20.7. The lowest BCUT2D eigenvalue weighted by atomic mass is 10.2. The van der Waals surface area contributed by atoms with Crippen LogP contribution in [-0.2, 0) is 11.3 Å². The summed E-state index contributed by atoms with van der Waals surface area (Å²) in [6, 6.07) is 12.6. The molecule has 0 bridgehead atoms. The van der Waals surface area contributed by atoms with Crippen molar-refractivity contribution >= 4 is 17.5 Å². The van der Waals surface area contributed by atoms with E-state index in [1.54, 1.807) is 25.3 Å². The molecule has 1 aromatic heterocycles. The average molecular weight is 416 g/mol. The number of aromatic nitrogens is 2. The molecule has 1 N–H and O–H groups in total. The summed E-state index contributed by atoms with van der Waals surface area (Å²) in [4.78, 5) is 16.8. The first-order valence-electron chi connectivity index (χ1n) is 9.17. The Hall–Kier alpha value is -3.06. The fourth-order valence-electron chi connectivity index (χ4n) is 2.64. The highest BCUT2D eigenvalue weighted by atomic mass is 35.5. The monoisotopic (exact) mass is 415 g/mol. The van der Waals surface area contributed by atoms with Crippen LogP contribution in [0.25, 0.3) is 11.4 Å². The van der Waals surface area contributed by atoms with Gasteiger partial charge in [-0.1, -0.05) is 23.7 Å². The number of nitrogens with one attached hydrogen (secondary N) is 1. The molecule has 29 heavy (non-hydrogen) atoms. The number of benzene rings is 2. The van der Waals surface area contributed by atoms with Crippen LogP contribution in [0.4, 0.5) is 0 Å². The molecular formula is C21H22ClN3O4. The van der Waals surface area contributed by atoms with Gasteiger partial charge in [0.05, 0.1) is 13.7 Å². The van der Waals surface area contributed by atoms with Crippen LogP contribution in [-0.4, -0.2) is 29.3 Å². The second-order valence-corrected chi connectivity index (χ2v) is 6.79. The molecule has 3 aromatic rings. The van der Waals surface area contributed by atoms with Crippen molar-refractivity contribution in [3.05, 3.63) is 58.9 Å². The lowest BCUT2D eigenvalue weighted by Crippen LogP contribution is -2.37. The number of carbonyl (C=O) groups excluding carboxylic acids is 1. The molecule has 0 fully saturated rings. The molecule has 1 atom stereocenters. The van der Waals surface area contributed by atoms with Gasteiger partial charge < -0.3 is 19.3 Å². The number of methoxy groups -OCH3 is 1. The van der Waals surface area contributed by atoms with Crippen molar-refractivity contribution in [2.24, 2.45) is 0 Å². The van der Waals surface area contributed by atoms with Gasteiger partial charge in [-0.05, 0) is 61.4 Å². The van der Waals surface area contributed by atoms with Gasteiger partial charge in [0, 0.05) is 10.6 Å². The summed E-state index contributed by atoms with van der Waals surface area (Å²) in [5.41, 5.74) is 1.68. The van der Waals surface area contributed by atoms with Gasteiger partial charge >= 0.3 is 0 Å². The van der Waals surface area contributed by atoms with E-state index in [9.17, 15) is 4.79 Å². The van der Waals surface area contributed by atoms with Crippen molar-refractivity contribution in [3.8, 4) is 22.9 Å². The first-order valence-corrected chi connectivity index (χ1v) is 9.55. The quantitative estimate of drug-likeness (QED) is 0.593. The minimum atomic E-state index is -0.639. The summed E-state index contributed by atoms with van der Waals surface area (Å²) in [6.07, 6.45) is -0.131. The van der Waals surface area contributed by atoms with Crippen LogP contribution in [0.2, 0.25) is 5.02 Å². The second-order valence-electron chi connectivity index (χ2n) is 6.38. The Morgan fingerprint density at radius 3 is 2.59 bits per heavy atom. The summed E-state index contributed by atoms with van der Waals surface area (Å²) < 4.78 is 16.2. The molecule has 1 amide bonds. The maximum atomic E-state index is 12.5. The number of ether oxygens (including phenoxy) is 2. The molecule has 0 saturated heterocycles. The minimum absolute atomic E-state index is 0.113. The first-order chi connectivity index (χ1) is 14.0. The summed E-state index contributed by atoms with van der Waals surface area (Å²) >= 11 is 6.03. The molecule has 0 radical (unpaired) electrons. The Kier molecular flexibility index (Phi) is 6.72. The van der Waals surface area contributed by atoms with Crippen LogP contribution in [0, 0.1) is 6.92 Å². The van der Waals surface area contributed by atoms with Gasteiger partial charge in [-0.25, -0.2) is 0 Å². The Labute approximate surface area is 174 Å². The standard InChI is InChI=1S/C21H22ClN3O4/c1-4-18(28-16-9-10-17(22)13(2)11-16)21(26)23-12-19-24-20(25-29-19)14-5-7-15(27-3)8-6-14/h5-11,18H,4,12H2,1-3H3,(H,23,26)/t18-/m0/s1. The SMILES string of the molecule is CC[C@H](Oc1ccc(Cl)c(C)c1)C(=O)NCc1nc(-c2ccc(OC)cc2)no1. The van der Waals surface area contributed by atoms with Crippen molar-refractivity contribution in [2.75, 3.05) is 7.11 Å². The van der Waals surface area contributed by atoms with E-state index < -0.39 is 6.10 Å². The molecule has 0 aliphatic rings. The number of rotatable bonds is 8. The number of halogens is 1. The summed E-state index contributed by atoms with van der Waals surface area (Å²) in [7, 11) is 1.60. The molecule has 0 spiro atoms. The molecule has 8 heteroatoms. The average Bonchev–Trinajstić information content (AvgIpc) is 3.22. The normalized spacial score (nSPS) is 11.7. The highest BCUT2D eigenvalue weighted by molar-refractivity contribution is 6.31. The van der Waals surface area contributed by atoms with Crippen molar-refractivity contribution in [1.82, 2.24) is 15.5 Å². The molecule has 152 valence electrons. The zero-order valence-electron chi connectivity index (χ0n) is 16.4. The van der Waals surface area contributed by atoms with Gasteiger partial charge in [0.2, 0.25) is 11.7 Å². The molecule has 1 heterocycles. The molecule has 0 aliphatic heterocycles. The van der Waals surface area contributed by atoms with Crippen molar-refractivity contribution in [3.63, 3.8) is 0 Å². The van der Waals surface area contributed by atoms with E-state index in [1.165, 1.54) is 0 Å². The number of aryl methyl sites for hydroxylation is 1.